The molecule has 1 aromatic carbocycles. The maximum absolute atomic E-state index is 13.1. The number of benzene rings is 1. The molecular weight excluding hydrogens is 450 g/mol. The van der Waals surface area contributed by atoms with Crippen LogP contribution in [0.5, 0.6) is 0 Å². The fourth-order valence-corrected chi connectivity index (χ4v) is 6.44. The molecule has 10 heteroatoms. The molecular formula is C22H25N3O5S2. The van der Waals surface area contributed by atoms with Crippen molar-refractivity contribution in [2.24, 2.45) is 5.92 Å². The van der Waals surface area contributed by atoms with Gasteiger partial charge in [0.2, 0.25) is 21.8 Å². The Balaban J connectivity index is 1.44. The van der Waals surface area contributed by atoms with Crippen molar-refractivity contribution in [3.63, 3.8) is 0 Å². The SMILES string of the molecule is C=CC(=O)Nc1cc2c(s1)CN(S(=O)(=O)c1ccc(N(C)C(=O)C3CCOCC3)cc1)C2. The summed E-state index contributed by atoms with van der Waals surface area (Å²) in [6.07, 6.45) is 2.60. The van der Waals surface area contributed by atoms with Crippen LogP contribution < -0.4 is 10.2 Å². The van der Waals surface area contributed by atoms with E-state index in [9.17, 15) is 18.0 Å². The number of nitrogens with zero attached hydrogens (tertiary/aromatic N) is 2. The Hall–Kier alpha value is -2.53. The monoisotopic (exact) mass is 475 g/mol. The zero-order valence-corrected chi connectivity index (χ0v) is 19.4. The summed E-state index contributed by atoms with van der Waals surface area (Å²) in [7, 11) is -1.97. The molecule has 0 atom stereocenters. The molecule has 0 bridgehead atoms. The number of ether oxygens (including phenoxy) is 1. The summed E-state index contributed by atoms with van der Waals surface area (Å²) in [6, 6.07) is 8.22. The Bertz CT molecular complexity index is 1110. The summed E-state index contributed by atoms with van der Waals surface area (Å²) in [5.74, 6) is -0.344. The molecule has 1 aromatic heterocycles. The molecule has 32 heavy (non-hydrogen) atoms. The first kappa shape index (κ1) is 22.7. The van der Waals surface area contributed by atoms with E-state index in [1.54, 1.807) is 42.3 Å². The Morgan fingerprint density at radius 2 is 1.91 bits per heavy atom. The fraction of sp³-hybridized carbons (Fsp3) is 0.364. The molecule has 0 radical (unpaired) electrons. The number of fused-ring (bicyclic) bond motifs is 1. The van der Waals surface area contributed by atoms with Gasteiger partial charge in [0.05, 0.1) is 9.90 Å². The van der Waals surface area contributed by atoms with Gasteiger partial charge < -0.3 is 15.0 Å². The lowest BCUT2D eigenvalue weighted by atomic mass is 9.98. The largest absolute Gasteiger partial charge is 0.381 e. The summed E-state index contributed by atoms with van der Waals surface area (Å²) in [6.45, 7) is 5.12. The minimum atomic E-state index is -3.68. The second kappa shape index (κ2) is 9.14. The van der Waals surface area contributed by atoms with Crippen molar-refractivity contribution in [3.8, 4) is 0 Å². The Morgan fingerprint density at radius 3 is 2.53 bits per heavy atom. The Kier molecular flexibility index (Phi) is 6.47. The van der Waals surface area contributed by atoms with Crippen LogP contribution in [-0.4, -0.2) is 44.8 Å². The number of carbonyl (C=O) groups is 2. The number of hydrogen-bond donors (Lipinski definition) is 1. The molecule has 0 unspecified atom stereocenters. The van der Waals surface area contributed by atoms with Crippen molar-refractivity contribution in [1.29, 1.82) is 0 Å². The van der Waals surface area contributed by atoms with Gasteiger partial charge >= 0.3 is 0 Å². The second-order valence-corrected chi connectivity index (χ2v) is 10.9. The molecule has 8 nitrogen and oxygen atoms in total. The van der Waals surface area contributed by atoms with Crippen molar-refractivity contribution < 1.29 is 22.7 Å². The minimum absolute atomic E-state index is 0.0206. The maximum Gasteiger partial charge on any atom is 0.248 e. The van der Waals surface area contributed by atoms with Gasteiger partial charge in [-0.25, -0.2) is 8.42 Å². The first-order valence-electron chi connectivity index (χ1n) is 10.3. The van der Waals surface area contributed by atoms with Crippen LogP contribution in [0.3, 0.4) is 0 Å². The highest BCUT2D eigenvalue weighted by Crippen LogP contribution is 2.37. The molecule has 1 N–H and O–H groups in total. The molecule has 2 aliphatic rings. The highest BCUT2D eigenvalue weighted by atomic mass is 32.2. The third-order valence-corrected chi connectivity index (χ3v) is 8.64. The van der Waals surface area contributed by atoms with Crippen LogP contribution in [0.15, 0.2) is 47.9 Å². The standard InChI is InChI=1S/C22H25N3O5S2/c1-3-20(26)23-21-12-16-13-25(14-19(16)31-21)32(28,29)18-6-4-17(5-7-18)24(2)22(27)15-8-10-30-11-9-15/h3-7,12,15H,1,8-11,13-14H2,2H3,(H,23,26). The van der Waals surface area contributed by atoms with Crippen molar-refractivity contribution >= 4 is 43.9 Å². The van der Waals surface area contributed by atoms with Crippen molar-refractivity contribution in [3.05, 3.63) is 53.4 Å². The lowest BCUT2D eigenvalue weighted by Gasteiger charge is -2.26. The zero-order chi connectivity index (χ0) is 22.9. The summed E-state index contributed by atoms with van der Waals surface area (Å²) < 4.78 is 33.0. The number of hydrogen-bond acceptors (Lipinski definition) is 6. The van der Waals surface area contributed by atoms with E-state index in [1.165, 1.54) is 21.7 Å². The van der Waals surface area contributed by atoms with Crippen LogP contribution in [-0.2, 0) is 37.4 Å². The molecule has 2 amide bonds. The van der Waals surface area contributed by atoms with Crippen LogP contribution in [0.2, 0.25) is 0 Å². The summed E-state index contributed by atoms with van der Waals surface area (Å²) in [5, 5.41) is 3.39. The highest BCUT2D eigenvalue weighted by molar-refractivity contribution is 7.89. The van der Waals surface area contributed by atoms with Gasteiger partial charge in [0.25, 0.3) is 0 Å². The van der Waals surface area contributed by atoms with E-state index in [2.05, 4.69) is 11.9 Å². The van der Waals surface area contributed by atoms with Gasteiger partial charge in [0.15, 0.2) is 0 Å². The Labute approximate surface area is 191 Å². The molecule has 2 aliphatic heterocycles. The number of thiophene rings is 1. The molecule has 170 valence electrons. The first-order valence-corrected chi connectivity index (χ1v) is 12.6. The van der Waals surface area contributed by atoms with E-state index < -0.39 is 10.0 Å². The van der Waals surface area contributed by atoms with Crippen LogP contribution in [0, 0.1) is 5.92 Å². The predicted molar refractivity (Wildman–Crippen MR) is 123 cm³/mol. The fourth-order valence-electron chi connectivity index (χ4n) is 3.88. The van der Waals surface area contributed by atoms with E-state index in [4.69, 9.17) is 4.74 Å². The van der Waals surface area contributed by atoms with Crippen LogP contribution in [0.4, 0.5) is 10.7 Å². The molecule has 0 spiro atoms. The molecule has 1 saturated heterocycles. The topological polar surface area (TPSA) is 96.0 Å². The zero-order valence-electron chi connectivity index (χ0n) is 17.7. The number of carbonyl (C=O) groups excluding carboxylic acids is 2. The minimum Gasteiger partial charge on any atom is -0.381 e. The maximum atomic E-state index is 13.1. The summed E-state index contributed by atoms with van der Waals surface area (Å²) in [4.78, 5) is 26.9. The second-order valence-electron chi connectivity index (χ2n) is 7.80. The van der Waals surface area contributed by atoms with Gasteiger partial charge in [-0.2, -0.15) is 4.31 Å². The highest BCUT2D eigenvalue weighted by Gasteiger charge is 2.32. The number of rotatable bonds is 6. The third-order valence-electron chi connectivity index (χ3n) is 5.76. The molecule has 4 rings (SSSR count). The molecule has 0 aliphatic carbocycles. The average Bonchev–Trinajstić information content (AvgIpc) is 3.38. The van der Waals surface area contributed by atoms with E-state index in [0.717, 1.165) is 10.4 Å². The number of sulfonamides is 1. The molecule has 2 aromatic rings. The normalized spacial score (nSPS) is 17.0. The van der Waals surface area contributed by atoms with E-state index in [0.29, 0.717) is 36.7 Å². The summed E-state index contributed by atoms with van der Waals surface area (Å²) >= 11 is 1.36. The number of amides is 2. The molecule has 3 heterocycles. The van der Waals surface area contributed by atoms with Gasteiger partial charge in [0.1, 0.15) is 0 Å². The van der Waals surface area contributed by atoms with Crippen molar-refractivity contribution in [2.75, 3.05) is 30.5 Å². The van der Waals surface area contributed by atoms with Gasteiger partial charge in [-0.3, -0.25) is 9.59 Å². The van der Waals surface area contributed by atoms with E-state index in [1.807, 2.05) is 0 Å². The van der Waals surface area contributed by atoms with Crippen molar-refractivity contribution in [2.45, 2.75) is 30.8 Å². The van der Waals surface area contributed by atoms with Gasteiger partial charge in [-0.1, -0.05) is 6.58 Å². The van der Waals surface area contributed by atoms with Gasteiger partial charge in [-0.05, 0) is 54.8 Å². The van der Waals surface area contributed by atoms with E-state index >= 15 is 0 Å². The lowest BCUT2D eigenvalue weighted by molar-refractivity contribution is -0.124. The number of anilines is 2. The average molecular weight is 476 g/mol. The lowest BCUT2D eigenvalue weighted by Crippen LogP contribution is -2.36. The van der Waals surface area contributed by atoms with Crippen LogP contribution in [0.1, 0.15) is 23.3 Å². The first-order chi connectivity index (χ1) is 15.3. The Morgan fingerprint density at radius 1 is 1.22 bits per heavy atom. The van der Waals surface area contributed by atoms with Crippen LogP contribution >= 0.6 is 11.3 Å². The van der Waals surface area contributed by atoms with Gasteiger partial charge in [0, 0.05) is 49.8 Å². The summed E-state index contributed by atoms with van der Waals surface area (Å²) in [5.41, 5.74) is 1.54. The number of nitrogens with one attached hydrogen (secondary N) is 1. The molecule has 0 saturated carbocycles. The predicted octanol–water partition coefficient (Wildman–Crippen LogP) is 2.97. The van der Waals surface area contributed by atoms with Crippen molar-refractivity contribution in [1.82, 2.24) is 4.31 Å². The quantitative estimate of drug-likeness (QED) is 0.648. The third kappa shape index (κ3) is 4.49. The van der Waals surface area contributed by atoms with Gasteiger partial charge in [-0.15, -0.1) is 11.3 Å². The van der Waals surface area contributed by atoms with Crippen LogP contribution in [0.25, 0.3) is 0 Å². The molecule has 1 fully saturated rings. The van der Waals surface area contributed by atoms with E-state index in [-0.39, 0.29) is 35.7 Å². The smallest absolute Gasteiger partial charge is 0.248 e.